The predicted molar refractivity (Wildman–Crippen MR) is 113 cm³/mol. The summed E-state index contributed by atoms with van der Waals surface area (Å²) in [7, 11) is 0. The molecule has 2 aromatic rings. The second-order valence-corrected chi connectivity index (χ2v) is 8.80. The molecule has 3 rings (SSSR count). The predicted octanol–water partition coefficient (Wildman–Crippen LogP) is 4.58. The lowest BCUT2D eigenvalue weighted by atomic mass is 9.80. The summed E-state index contributed by atoms with van der Waals surface area (Å²) in [5.41, 5.74) is 0.226. The molecule has 1 amide bonds. The Morgan fingerprint density at radius 1 is 1.18 bits per heavy atom. The zero-order valence-electron chi connectivity index (χ0n) is 16.5. The Morgan fingerprint density at radius 3 is 2.32 bits per heavy atom. The molecule has 1 fully saturated rings. The lowest BCUT2D eigenvalue weighted by Crippen LogP contribution is -2.51. The van der Waals surface area contributed by atoms with E-state index in [2.05, 4.69) is 15.9 Å². The molecule has 1 heterocycles. The second-order valence-electron chi connectivity index (χ2n) is 7.89. The van der Waals surface area contributed by atoms with Gasteiger partial charge in [-0.1, -0.05) is 58.4 Å². The van der Waals surface area contributed by atoms with E-state index in [9.17, 15) is 9.90 Å². The van der Waals surface area contributed by atoms with Gasteiger partial charge in [0, 0.05) is 23.9 Å². The van der Waals surface area contributed by atoms with Crippen LogP contribution >= 0.6 is 15.9 Å². The highest BCUT2D eigenvalue weighted by Crippen LogP contribution is 2.42. The van der Waals surface area contributed by atoms with E-state index in [1.54, 1.807) is 18.7 Å². The van der Waals surface area contributed by atoms with E-state index >= 15 is 0 Å². The van der Waals surface area contributed by atoms with Crippen molar-refractivity contribution in [3.05, 3.63) is 70.2 Å². The number of carbonyl (C=O) groups is 1. The molecule has 0 aliphatic carbocycles. The van der Waals surface area contributed by atoms with Crippen molar-refractivity contribution in [1.29, 1.82) is 0 Å². The number of halogens is 1. The minimum Gasteiger partial charge on any atom is -0.438 e. The zero-order valence-corrected chi connectivity index (χ0v) is 18.1. The van der Waals surface area contributed by atoms with E-state index in [4.69, 9.17) is 4.74 Å². The highest BCUT2D eigenvalue weighted by Gasteiger charge is 2.46. The fraction of sp³-hybridized carbons (Fsp3) is 0.409. The number of nitrogens with zero attached hydrogens (tertiary/aromatic N) is 1. The van der Waals surface area contributed by atoms with E-state index in [-0.39, 0.29) is 17.6 Å². The van der Waals surface area contributed by atoms with E-state index in [0.717, 1.165) is 15.6 Å². The first-order valence-corrected chi connectivity index (χ1v) is 10.0. The van der Waals surface area contributed by atoms with Crippen LogP contribution < -0.4 is 0 Å². The Labute approximate surface area is 174 Å². The van der Waals surface area contributed by atoms with Gasteiger partial charge in [-0.2, -0.15) is 0 Å². The van der Waals surface area contributed by atoms with Gasteiger partial charge in [-0.05, 0) is 44.0 Å². The van der Waals surface area contributed by atoms with E-state index in [1.165, 1.54) is 0 Å². The molecule has 5 nitrogen and oxygen atoms in total. The van der Waals surface area contributed by atoms with Gasteiger partial charge in [-0.25, -0.2) is 4.79 Å². The number of amides is 1. The van der Waals surface area contributed by atoms with Gasteiger partial charge in [-0.15, -0.1) is 0 Å². The summed E-state index contributed by atoms with van der Waals surface area (Å²) in [4.78, 5) is 14.7. The van der Waals surface area contributed by atoms with E-state index in [0.29, 0.717) is 19.4 Å². The van der Waals surface area contributed by atoms with Gasteiger partial charge in [0.2, 0.25) is 0 Å². The van der Waals surface area contributed by atoms with Crippen molar-refractivity contribution in [1.82, 2.24) is 4.90 Å². The summed E-state index contributed by atoms with van der Waals surface area (Å²) in [5.74, 6) is 0. The number of hydrogen-bond acceptors (Lipinski definition) is 3. The molecule has 3 N–H and O–H groups in total. The number of aliphatic hydroxyl groups is 1. The van der Waals surface area contributed by atoms with Crippen LogP contribution in [0.5, 0.6) is 0 Å². The smallest absolute Gasteiger partial charge is 0.411 e. The standard InChI is InChI=1S/C22H26BrNO3.H2O/c1-16(17-9-11-19(23)12-10-17)24-14-13-22(27-20(24)25,15-21(2,3)26)18-7-5-4-6-8-18;/h4-12,16,26H,13-15H2,1-3H3;1H2/t16-,22-;/m0./s1. The van der Waals surface area contributed by atoms with Gasteiger partial charge in [-0.3, -0.25) is 0 Å². The Morgan fingerprint density at radius 2 is 1.79 bits per heavy atom. The van der Waals surface area contributed by atoms with E-state index < -0.39 is 11.2 Å². The van der Waals surface area contributed by atoms with Crippen LogP contribution in [0.2, 0.25) is 0 Å². The molecule has 1 aliphatic rings. The fourth-order valence-electron chi connectivity index (χ4n) is 3.81. The fourth-order valence-corrected chi connectivity index (χ4v) is 4.08. The molecule has 2 atom stereocenters. The van der Waals surface area contributed by atoms with Crippen molar-refractivity contribution in [2.45, 2.75) is 50.9 Å². The van der Waals surface area contributed by atoms with Crippen LogP contribution in [-0.4, -0.2) is 33.7 Å². The van der Waals surface area contributed by atoms with Crippen molar-refractivity contribution < 1.29 is 20.1 Å². The van der Waals surface area contributed by atoms with Crippen LogP contribution in [0.3, 0.4) is 0 Å². The number of benzene rings is 2. The summed E-state index contributed by atoms with van der Waals surface area (Å²) in [5, 5.41) is 10.5. The summed E-state index contributed by atoms with van der Waals surface area (Å²) in [6.45, 7) is 6.09. The molecular weight excluding hydrogens is 422 g/mol. The van der Waals surface area contributed by atoms with Crippen molar-refractivity contribution >= 4 is 22.0 Å². The first-order chi connectivity index (χ1) is 12.7. The number of hydrogen-bond donors (Lipinski definition) is 1. The largest absolute Gasteiger partial charge is 0.438 e. The molecule has 0 aromatic heterocycles. The Hall–Kier alpha value is -1.89. The van der Waals surface area contributed by atoms with Gasteiger partial charge in [0.1, 0.15) is 5.60 Å². The number of carbonyl (C=O) groups excluding carboxylic acids is 1. The monoisotopic (exact) mass is 449 g/mol. The van der Waals surface area contributed by atoms with Crippen LogP contribution in [0.1, 0.15) is 50.8 Å². The van der Waals surface area contributed by atoms with Gasteiger partial charge in [0.05, 0.1) is 11.6 Å². The molecule has 28 heavy (non-hydrogen) atoms. The average molecular weight is 450 g/mol. The normalized spacial score (nSPS) is 20.9. The lowest BCUT2D eigenvalue weighted by Gasteiger charge is -2.45. The second kappa shape index (κ2) is 8.64. The van der Waals surface area contributed by atoms with Crippen molar-refractivity contribution in [3.63, 3.8) is 0 Å². The van der Waals surface area contributed by atoms with Crippen LogP contribution in [0.25, 0.3) is 0 Å². The van der Waals surface area contributed by atoms with Gasteiger partial charge in [0.15, 0.2) is 0 Å². The summed E-state index contributed by atoms with van der Waals surface area (Å²) in [6.07, 6.45) is 0.647. The molecule has 1 aliphatic heterocycles. The van der Waals surface area contributed by atoms with Crippen molar-refractivity contribution in [3.8, 4) is 0 Å². The van der Waals surface area contributed by atoms with Gasteiger partial charge < -0.3 is 20.2 Å². The first kappa shape index (κ1) is 22.4. The number of ether oxygens (including phenoxy) is 1. The minimum absolute atomic E-state index is 0. The molecule has 0 radical (unpaired) electrons. The average Bonchev–Trinajstić information content (AvgIpc) is 2.61. The number of rotatable bonds is 5. The molecule has 1 saturated heterocycles. The van der Waals surface area contributed by atoms with Crippen LogP contribution in [0.15, 0.2) is 59.1 Å². The molecule has 0 spiro atoms. The first-order valence-electron chi connectivity index (χ1n) is 9.23. The van der Waals surface area contributed by atoms with Crippen LogP contribution in [-0.2, 0) is 10.3 Å². The SMILES string of the molecule is C[C@@H](c1ccc(Br)cc1)N1CC[C@](CC(C)(C)O)(c2ccccc2)OC1=O.O. The van der Waals surface area contributed by atoms with Gasteiger partial charge >= 0.3 is 6.09 Å². The third-order valence-electron chi connectivity index (χ3n) is 5.11. The summed E-state index contributed by atoms with van der Waals surface area (Å²) >= 11 is 3.44. The van der Waals surface area contributed by atoms with E-state index in [1.807, 2.05) is 61.5 Å². The third-order valence-corrected chi connectivity index (χ3v) is 5.64. The van der Waals surface area contributed by atoms with Crippen LogP contribution in [0.4, 0.5) is 4.79 Å². The molecule has 0 saturated carbocycles. The Bertz CT molecular complexity index is 788. The van der Waals surface area contributed by atoms with Crippen molar-refractivity contribution in [2.75, 3.05) is 6.54 Å². The Balaban J connectivity index is 0.00000280. The maximum absolute atomic E-state index is 13.0. The van der Waals surface area contributed by atoms with Crippen LogP contribution in [0, 0.1) is 0 Å². The maximum atomic E-state index is 13.0. The quantitative estimate of drug-likeness (QED) is 0.724. The molecule has 152 valence electrons. The maximum Gasteiger partial charge on any atom is 0.411 e. The molecule has 2 aromatic carbocycles. The minimum atomic E-state index is -0.949. The molecule has 0 unspecified atom stereocenters. The summed E-state index contributed by atoms with van der Waals surface area (Å²) < 4.78 is 7.04. The summed E-state index contributed by atoms with van der Waals surface area (Å²) in [6, 6.07) is 17.6. The highest BCUT2D eigenvalue weighted by atomic mass is 79.9. The molecule has 0 bridgehead atoms. The molecular formula is C22H28BrNO4. The lowest BCUT2D eigenvalue weighted by molar-refractivity contribution is -0.101. The van der Waals surface area contributed by atoms with Crippen molar-refractivity contribution in [2.24, 2.45) is 0 Å². The zero-order chi connectivity index (χ0) is 19.7. The third kappa shape index (κ3) is 4.93. The van der Waals surface area contributed by atoms with Gasteiger partial charge in [0.25, 0.3) is 0 Å². The highest BCUT2D eigenvalue weighted by molar-refractivity contribution is 9.10. The molecule has 6 heteroatoms. The Kier molecular flexibility index (Phi) is 6.91. The topological polar surface area (TPSA) is 81.3 Å². The number of cyclic esters (lactones) is 1.